The minimum Gasteiger partial charge on any atom is -0.390 e. The number of rotatable bonds is 7. The van der Waals surface area contributed by atoms with Crippen molar-refractivity contribution in [3.05, 3.63) is 47.6 Å². The minimum absolute atomic E-state index is 0.129. The number of hydrogen-bond donors (Lipinski definition) is 3. The van der Waals surface area contributed by atoms with Gasteiger partial charge in [-0.25, -0.2) is 9.18 Å². The smallest absolute Gasteiger partial charge is 0.319 e. The topological polar surface area (TPSA) is 106 Å². The van der Waals surface area contributed by atoms with Crippen LogP contribution < -0.4 is 10.6 Å². The van der Waals surface area contributed by atoms with Crippen LogP contribution in [0.2, 0.25) is 0 Å². The van der Waals surface area contributed by atoms with E-state index < -0.39 is 18.2 Å². The van der Waals surface area contributed by atoms with Crippen LogP contribution in [0.5, 0.6) is 0 Å². The maximum Gasteiger partial charge on any atom is 0.319 e. The maximum atomic E-state index is 12.9. The third kappa shape index (κ3) is 5.75. The van der Waals surface area contributed by atoms with E-state index in [1.165, 1.54) is 24.3 Å². The highest BCUT2D eigenvalue weighted by molar-refractivity contribution is 5.89. The van der Waals surface area contributed by atoms with Crippen molar-refractivity contribution in [3.63, 3.8) is 0 Å². The fourth-order valence-electron chi connectivity index (χ4n) is 3.08. The number of carbonyl (C=O) groups is 1. The lowest BCUT2D eigenvalue weighted by Gasteiger charge is -2.33. The largest absolute Gasteiger partial charge is 0.390 e. The Morgan fingerprint density at radius 2 is 2.14 bits per heavy atom. The number of amides is 2. The molecule has 1 aliphatic rings. The van der Waals surface area contributed by atoms with E-state index in [9.17, 15) is 14.3 Å². The first-order valence-corrected chi connectivity index (χ1v) is 9.11. The van der Waals surface area contributed by atoms with E-state index in [0.29, 0.717) is 37.3 Å². The SMILES string of the molecule is COCc1cc(CC2CCC(O)C(CNC(=O)Nc3ccc(F)cc3)O2)no1. The Morgan fingerprint density at radius 3 is 2.89 bits per heavy atom. The molecule has 0 bridgehead atoms. The number of aliphatic hydroxyl groups is 1. The van der Waals surface area contributed by atoms with Crippen LogP contribution >= 0.6 is 0 Å². The molecule has 3 unspecified atom stereocenters. The molecule has 0 spiro atoms. The first-order chi connectivity index (χ1) is 13.5. The van der Waals surface area contributed by atoms with Crippen LogP contribution in [0.25, 0.3) is 0 Å². The van der Waals surface area contributed by atoms with Gasteiger partial charge in [-0.15, -0.1) is 0 Å². The lowest BCUT2D eigenvalue weighted by atomic mass is 9.98. The standard InChI is InChI=1S/C19H24FN3O5/c1-26-11-16-9-14(23-28-16)8-15-6-7-17(24)18(27-15)10-21-19(25)22-13-4-2-12(20)3-5-13/h2-5,9,15,17-18,24H,6-8,10-11H2,1H3,(H2,21,22,25). The van der Waals surface area contributed by atoms with Gasteiger partial charge in [-0.05, 0) is 37.1 Å². The molecule has 0 saturated carbocycles. The molecule has 8 nitrogen and oxygen atoms in total. The molecule has 0 aliphatic carbocycles. The first-order valence-electron chi connectivity index (χ1n) is 9.11. The molecule has 28 heavy (non-hydrogen) atoms. The van der Waals surface area contributed by atoms with Crippen LogP contribution in [0.3, 0.4) is 0 Å². The van der Waals surface area contributed by atoms with Gasteiger partial charge in [0.05, 0.1) is 17.9 Å². The van der Waals surface area contributed by atoms with Crippen molar-refractivity contribution in [1.29, 1.82) is 0 Å². The van der Waals surface area contributed by atoms with Gasteiger partial charge in [0.2, 0.25) is 0 Å². The Kier molecular flexibility index (Phi) is 6.96. The number of methoxy groups -OCH3 is 1. The second-order valence-corrected chi connectivity index (χ2v) is 6.70. The molecule has 1 aromatic heterocycles. The lowest BCUT2D eigenvalue weighted by Crippen LogP contribution is -2.47. The molecule has 2 aromatic rings. The molecule has 2 heterocycles. The van der Waals surface area contributed by atoms with Crippen molar-refractivity contribution in [1.82, 2.24) is 10.5 Å². The van der Waals surface area contributed by atoms with Crippen molar-refractivity contribution in [3.8, 4) is 0 Å². The van der Waals surface area contributed by atoms with E-state index in [4.69, 9.17) is 14.0 Å². The van der Waals surface area contributed by atoms with Crippen LogP contribution in [0.15, 0.2) is 34.9 Å². The van der Waals surface area contributed by atoms with Crippen LogP contribution in [0.4, 0.5) is 14.9 Å². The molecule has 1 aromatic carbocycles. The highest BCUT2D eigenvalue weighted by Gasteiger charge is 2.30. The number of benzene rings is 1. The number of nitrogens with one attached hydrogen (secondary N) is 2. The van der Waals surface area contributed by atoms with E-state index in [2.05, 4.69) is 15.8 Å². The van der Waals surface area contributed by atoms with Crippen LogP contribution in [0.1, 0.15) is 24.3 Å². The van der Waals surface area contributed by atoms with Crippen molar-refractivity contribution in [2.75, 3.05) is 19.0 Å². The van der Waals surface area contributed by atoms with Crippen LogP contribution in [-0.2, 0) is 22.5 Å². The summed E-state index contributed by atoms with van der Waals surface area (Å²) in [6.07, 6.45) is 0.492. The van der Waals surface area contributed by atoms with Crippen molar-refractivity contribution < 1.29 is 28.3 Å². The van der Waals surface area contributed by atoms with Crippen molar-refractivity contribution in [2.45, 2.75) is 44.2 Å². The fraction of sp³-hybridized carbons (Fsp3) is 0.474. The fourth-order valence-corrected chi connectivity index (χ4v) is 3.08. The number of urea groups is 1. The summed E-state index contributed by atoms with van der Waals surface area (Å²) < 4.78 is 29.0. The Hall–Kier alpha value is -2.49. The number of anilines is 1. The predicted molar refractivity (Wildman–Crippen MR) is 98.2 cm³/mol. The number of aliphatic hydroxyl groups excluding tert-OH is 1. The summed E-state index contributed by atoms with van der Waals surface area (Å²) in [4.78, 5) is 12.0. The summed E-state index contributed by atoms with van der Waals surface area (Å²) in [5, 5.41) is 19.4. The third-order valence-electron chi connectivity index (χ3n) is 4.48. The monoisotopic (exact) mass is 393 g/mol. The van der Waals surface area contributed by atoms with E-state index in [0.717, 1.165) is 5.69 Å². The van der Waals surface area contributed by atoms with Gasteiger partial charge in [-0.2, -0.15) is 0 Å². The minimum atomic E-state index is -0.663. The molecule has 0 radical (unpaired) electrons. The Bertz CT molecular complexity index is 767. The number of nitrogens with zero attached hydrogens (tertiary/aromatic N) is 1. The Labute approximate surface area is 162 Å². The average Bonchev–Trinajstić information content (AvgIpc) is 3.11. The van der Waals surface area contributed by atoms with Gasteiger partial charge in [0.25, 0.3) is 0 Å². The zero-order valence-corrected chi connectivity index (χ0v) is 15.6. The number of hydrogen-bond acceptors (Lipinski definition) is 6. The highest BCUT2D eigenvalue weighted by atomic mass is 19.1. The van der Waals surface area contributed by atoms with Gasteiger partial charge in [0.15, 0.2) is 5.76 Å². The molecular formula is C19H24FN3O5. The molecule has 3 N–H and O–H groups in total. The summed E-state index contributed by atoms with van der Waals surface area (Å²) in [7, 11) is 1.58. The van der Waals surface area contributed by atoms with Gasteiger partial charge in [0.1, 0.15) is 18.5 Å². The maximum absolute atomic E-state index is 12.9. The van der Waals surface area contributed by atoms with Gasteiger partial charge in [-0.3, -0.25) is 0 Å². The van der Waals surface area contributed by atoms with E-state index in [1.807, 2.05) is 6.07 Å². The van der Waals surface area contributed by atoms with Crippen LogP contribution in [0, 0.1) is 5.82 Å². The average molecular weight is 393 g/mol. The second-order valence-electron chi connectivity index (χ2n) is 6.70. The number of aromatic nitrogens is 1. The molecule has 152 valence electrons. The zero-order chi connectivity index (χ0) is 19.9. The Balaban J connectivity index is 1.47. The number of carbonyl (C=O) groups excluding carboxylic acids is 1. The summed E-state index contributed by atoms with van der Waals surface area (Å²) in [5.74, 6) is 0.265. The van der Waals surface area contributed by atoms with Gasteiger partial charge in [0, 0.05) is 31.8 Å². The summed E-state index contributed by atoms with van der Waals surface area (Å²) >= 11 is 0. The van der Waals surface area contributed by atoms with Crippen molar-refractivity contribution in [2.24, 2.45) is 0 Å². The summed E-state index contributed by atoms with van der Waals surface area (Å²) in [6.45, 7) is 0.505. The van der Waals surface area contributed by atoms with E-state index in [-0.39, 0.29) is 18.5 Å². The molecule has 9 heteroatoms. The van der Waals surface area contributed by atoms with E-state index in [1.54, 1.807) is 7.11 Å². The molecule has 2 amide bonds. The molecule has 1 fully saturated rings. The van der Waals surface area contributed by atoms with Crippen molar-refractivity contribution >= 4 is 11.7 Å². The number of halogens is 1. The van der Waals surface area contributed by atoms with E-state index >= 15 is 0 Å². The molecule has 3 rings (SSSR count). The van der Waals surface area contributed by atoms with Gasteiger partial charge < -0.3 is 29.7 Å². The number of ether oxygens (including phenoxy) is 2. The summed E-state index contributed by atoms with van der Waals surface area (Å²) in [5.41, 5.74) is 1.23. The normalized spacial score (nSPS) is 22.0. The second kappa shape index (κ2) is 9.63. The Morgan fingerprint density at radius 1 is 1.36 bits per heavy atom. The molecular weight excluding hydrogens is 369 g/mol. The quantitative estimate of drug-likeness (QED) is 0.666. The van der Waals surface area contributed by atoms with Gasteiger partial charge in [-0.1, -0.05) is 5.16 Å². The summed E-state index contributed by atoms with van der Waals surface area (Å²) in [6, 6.07) is 6.82. The lowest BCUT2D eigenvalue weighted by molar-refractivity contribution is -0.113. The van der Waals surface area contributed by atoms with Crippen LogP contribution in [-0.4, -0.2) is 48.3 Å². The zero-order valence-electron chi connectivity index (χ0n) is 15.6. The predicted octanol–water partition coefficient (Wildman–Crippen LogP) is 2.23. The highest BCUT2D eigenvalue weighted by Crippen LogP contribution is 2.22. The third-order valence-corrected chi connectivity index (χ3v) is 4.48. The molecule has 3 atom stereocenters. The molecule has 1 aliphatic heterocycles. The first kappa shape index (κ1) is 20.2. The molecule has 1 saturated heterocycles. The van der Waals surface area contributed by atoms with Gasteiger partial charge >= 0.3 is 6.03 Å².